The van der Waals surface area contributed by atoms with Gasteiger partial charge in [-0.15, -0.1) is 11.8 Å². The van der Waals surface area contributed by atoms with Crippen molar-refractivity contribution >= 4 is 61.4 Å². The van der Waals surface area contributed by atoms with Crippen molar-refractivity contribution in [1.29, 1.82) is 0 Å². The van der Waals surface area contributed by atoms with E-state index in [1.165, 1.54) is 0 Å². The minimum atomic E-state index is 0.444. The van der Waals surface area contributed by atoms with Gasteiger partial charge in [0, 0.05) is 27.6 Å². The van der Waals surface area contributed by atoms with Gasteiger partial charge in [-0.3, -0.25) is 0 Å². The summed E-state index contributed by atoms with van der Waals surface area (Å²) in [6, 6.07) is 0. The summed E-state index contributed by atoms with van der Waals surface area (Å²) in [6.45, 7) is 0. The molecule has 5 heteroatoms. The molecule has 0 aliphatic carbocycles. The monoisotopic (exact) mass is 246 g/mol. The van der Waals surface area contributed by atoms with Crippen molar-refractivity contribution in [2.24, 2.45) is 0 Å². The van der Waals surface area contributed by atoms with E-state index in [9.17, 15) is 0 Å². The number of hydrogen-bond acceptors (Lipinski definition) is 5. The van der Waals surface area contributed by atoms with Gasteiger partial charge in [0.15, 0.2) is 0 Å². The Kier molecular flexibility index (Phi) is 11.4. The third-order valence-corrected chi connectivity index (χ3v) is 5.25. The second-order valence-corrected chi connectivity index (χ2v) is 6.00. The number of hydrogen-bond donors (Lipinski definition) is 3. The molecule has 68 valence electrons. The topological polar surface area (TPSA) is 0 Å². The highest BCUT2D eigenvalue weighted by Gasteiger charge is 1.98. The van der Waals surface area contributed by atoms with E-state index < -0.39 is 0 Å². The van der Waals surface area contributed by atoms with E-state index in [2.05, 4.69) is 37.9 Å². The molecule has 0 N–H and O–H groups in total. The van der Waals surface area contributed by atoms with Crippen LogP contribution in [0.1, 0.15) is 0 Å². The van der Waals surface area contributed by atoms with E-state index in [0.29, 0.717) is 5.25 Å². The van der Waals surface area contributed by atoms with Gasteiger partial charge in [-0.1, -0.05) is 0 Å². The van der Waals surface area contributed by atoms with Crippen molar-refractivity contribution in [3.63, 3.8) is 0 Å². The molecule has 0 aromatic heterocycles. The standard InChI is InChI=1S/C6H14S5/c7-1-2-10-5-11-4-6(9)3-8/h6-9H,1-5H2. The molecule has 0 bridgehead atoms. The van der Waals surface area contributed by atoms with Gasteiger partial charge >= 0.3 is 0 Å². The second kappa shape index (κ2) is 9.84. The largest absolute Gasteiger partial charge is 0.179 e. The van der Waals surface area contributed by atoms with Crippen molar-refractivity contribution < 1.29 is 0 Å². The first kappa shape index (κ1) is 12.8. The summed E-state index contributed by atoms with van der Waals surface area (Å²) in [5.74, 6) is 4.09. The van der Waals surface area contributed by atoms with Crippen LogP contribution in [-0.2, 0) is 0 Å². The highest BCUT2D eigenvalue weighted by Crippen LogP contribution is 2.15. The van der Waals surface area contributed by atoms with Crippen LogP contribution < -0.4 is 0 Å². The van der Waals surface area contributed by atoms with E-state index in [1.807, 2.05) is 23.5 Å². The fourth-order valence-electron chi connectivity index (χ4n) is 0.419. The van der Waals surface area contributed by atoms with Gasteiger partial charge < -0.3 is 0 Å². The maximum Gasteiger partial charge on any atom is 0.0392 e. The molecule has 0 fully saturated rings. The normalized spacial score (nSPS) is 13.4. The molecule has 0 nitrogen and oxygen atoms in total. The number of thioether (sulfide) groups is 2. The summed E-state index contributed by atoms with van der Waals surface area (Å²) in [4.78, 5) is 0. The van der Waals surface area contributed by atoms with Crippen molar-refractivity contribution in [2.45, 2.75) is 5.25 Å². The Morgan fingerprint density at radius 3 is 2.45 bits per heavy atom. The third-order valence-electron chi connectivity index (χ3n) is 0.923. The van der Waals surface area contributed by atoms with Gasteiger partial charge in [0.25, 0.3) is 0 Å². The molecule has 0 saturated carbocycles. The van der Waals surface area contributed by atoms with Crippen LogP contribution in [0.5, 0.6) is 0 Å². The van der Waals surface area contributed by atoms with Crippen LogP contribution in [0, 0.1) is 0 Å². The third kappa shape index (κ3) is 9.67. The lowest BCUT2D eigenvalue weighted by Gasteiger charge is -2.05. The van der Waals surface area contributed by atoms with Gasteiger partial charge in [-0.2, -0.15) is 49.6 Å². The van der Waals surface area contributed by atoms with E-state index >= 15 is 0 Å². The Hall–Kier alpha value is 1.75. The van der Waals surface area contributed by atoms with E-state index in [1.54, 1.807) is 0 Å². The Morgan fingerprint density at radius 2 is 1.91 bits per heavy atom. The van der Waals surface area contributed by atoms with Crippen molar-refractivity contribution in [3.05, 3.63) is 0 Å². The maximum atomic E-state index is 4.33. The predicted molar refractivity (Wildman–Crippen MR) is 70.3 cm³/mol. The summed E-state index contributed by atoms with van der Waals surface area (Å²) in [6.07, 6.45) is 0. The lowest BCUT2D eigenvalue weighted by atomic mass is 10.6. The van der Waals surface area contributed by atoms with Crippen molar-refractivity contribution in [2.75, 3.05) is 28.1 Å². The summed E-state index contributed by atoms with van der Waals surface area (Å²) in [7, 11) is 0. The quantitative estimate of drug-likeness (QED) is 0.359. The Bertz CT molecular complexity index is 77.4. The molecule has 0 saturated heterocycles. The molecule has 0 radical (unpaired) electrons. The fourth-order valence-corrected chi connectivity index (χ4v) is 3.27. The maximum absolute atomic E-state index is 4.33. The zero-order chi connectivity index (χ0) is 8.53. The fraction of sp³-hybridized carbons (Fsp3) is 1.00. The highest BCUT2D eigenvalue weighted by atomic mass is 32.2. The van der Waals surface area contributed by atoms with Crippen LogP contribution in [0.25, 0.3) is 0 Å². The van der Waals surface area contributed by atoms with Crippen LogP contribution >= 0.6 is 61.4 Å². The SMILES string of the molecule is SCCSCSCC(S)CS. The molecule has 0 amide bonds. The zero-order valence-corrected chi connectivity index (χ0v) is 10.6. The molecule has 0 aliphatic heterocycles. The Morgan fingerprint density at radius 1 is 1.18 bits per heavy atom. The molecule has 0 rings (SSSR count). The molecule has 1 unspecified atom stereocenters. The summed E-state index contributed by atoms with van der Waals surface area (Å²) in [5.41, 5.74) is 0. The molecule has 1 atom stereocenters. The molecular weight excluding hydrogens is 232 g/mol. The van der Waals surface area contributed by atoms with Crippen LogP contribution in [0.2, 0.25) is 0 Å². The van der Waals surface area contributed by atoms with Gasteiger partial charge in [0.1, 0.15) is 0 Å². The van der Waals surface area contributed by atoms with Crippen molar-refractivity contribution in [1.82, 2.24) is 0 Å². The lowest BCUT2D eigenvalue weighted by molar-refractivity contribution is 1.17. The van der Waals surface area contributed by atoms with Crippen LogP contribution in [-0.4, -0.2) is 33.3 Å². The minimum absolute atomic E-state index is 0.444. The van der Waals surface area contributed by atoms with E-state index in [-0.39, 0.29) is 0 Å². The first-order chi connectivity index (χ1) is 5.31. The number of rotatable bonds is 7. The summed E-state index contributed by atoms with van der Waals surface area (Å²) < 4.78 is 0. The molecular formula is C6H14S5. The van der Waals surface area contributed by atoms with Crippen LogP contribution in [0.3, 0.4) is 0 Å². The van der Waals surface area contributed by atoms with Crippen LogP contribution in [0.4, 0.5) is 0 Å². The molecule has 0 heterocycles. The van der Waals surface area contributed by atoms with Gasteiger partial charge in [-0.25, -0.2) is 0 Å². The first-order valence-electron chi connectivity index (χ1n) is 3.36. The molecule has 0 aromatic carbocycles. The average molecular weight is 247 g/mol. The summed E-state index contributed by atoms with van der Waals surface area (Å²) >= 11 is 16.5. The van der Waals surface area contributed by atoms with E-state index in [0.717, 1.165) is 28.1 Å². The Balaban J connectivity index is 2.89. The summed E-state index contributed by atoms with van der Waals surface area (Å²) in [5, 5.41) is 1.60. The smallest absolute Gasteiger partial charge is 0.0392 e. The van der Waals surface area contributed by atoms with Crippen molar-refractivity contribution in [3.8, 4) is 0 Å². The number of thiol groups is 3. The molecule has 0 aliphatic rings. The molecule has 0 aromatic rings. The van der Waals surface area contributed by atoms with Gasteiger partial charge in [-0.05, 0) is 5.75 Å². The van der Waals surface area contributed by atoms with E-state index in [4.69, 9.17) is 0 Å². The lowest BCUT2D eigenvalue weighted by Crippen LogP contribution is -2.03. The molecule has 11 heavy (non-hydrogen) atoms. The molecule has 0 spiro atoms. The van der Waals surface area contributed by atoms with Crippen LogP contribution in [0.15, 0.2) is 0 Å². The Labute approximate surface area is 94.3 Å². The zero-order valence-electron chi connectivity index (χ0n) is 6.27. The average Bonchev–Trinajstić information content (AvgIpc) is 2.04. The predicted octanol–water partition coefficient (Wildman–Crippen LogP) is 2.57. The second-order valence-electron chi connectivity index (χ2n) is 1.96. The first-order valence-corrected chi connectivity index (χ1v) is 7.45. The van der Waals surface area contributed by atoms with Gasteiger partial charge in [0.05, 0.1) is 0 Å². The van der Waals surface area contributed by atoms with Gasteiger partial charge in [0.2, 0.25) is 0 Å². The minimum Gasteiger partial charge on any atom is -0.179 e. The highest BCUT2D eigenvalue weighted by molar-refractivity contribution is 8.16.